The van der Waals surface area contributed by atoms with E-state index < -0.39 is 0 Å². The minimum absolute atomic E-state index is 0.109. The van der Waals surface area contributed by atoms with Gasteiger partial charge in [0.25, 0.3) is 0 Å². The molecule has 14 heavy (non-hydrogen) atoms. The highest BCUT2D eigenvalue weighted by Crippen LogP contribution is 2.31. The van der Waals surface area contributed by atoms with Crippen molar-refractivity contribution in [3.63, 3.8) is 0 Å². The summed E-state index contributed by atoms with van der Waals surface area (Å²) in [7, 11) is 0. The second-order valence-electron chi connectivity index (χ2n) is 2.92. The molecule has 0 fully saturated rings. The zero-order valence-corrected chi connectivity index (χ0v) is 9.82. The summed E-state index contributed by atoms with van der Waals surface area (Å²) in [5.74, 6) is 1.01. The van der Waals surface area contributed by atoms with Gasteiger partial charge in [0.1, 0.15) is 0 Å². The molecule has 0 N–H and O–H groups in total. The first kappa shape index (κ1) is 11.4. The van der Waals surface area contributed by atoms with E-state index in [1.54, 1.807) is 11.8 Å². The molecule has 0 spiro atoms. The normalized spacial score (nSPS) is 12.1. The average Bonchev–Trinajstić information content (AvgIpc) is 2.20. The lowest BCUT2D eigenvalue weighted by atomic mass is 10.1. The van der Waals surface area contributed by atoms with Crippen LogP contribution in [-0.4, -0.2) is 5.75 Å². The molecule has 0 bridgehead atoms. The fraction of sp³-hybridized carbons (Fsp3) is 0.364. The lowest BCUT2D eigenvalue weighted by Crippen LogP contribution is -1.91. The van der Waals surface area contributed by atoms with Crippen molar-refractivity contribution >= 4 is 23.4 Å². The maximum Gasteiger partial charge on any atom is 0.247 e. The molecule has 3 heteroatoms. The zero-order valence-electron chi connectivity index (χ0n) is 8.25. The van der Waals surface area contributed by atoms with Crippen LogP contribution < -0.4 is 0 Å². The molecule has 0 saturated carbocycles. The molecule has 1 atom stereocenters. The van der Waals surface area contributed by atoms with Crippen LogP contribution in [0.4, 0.5) is 0 Å². The van der Waals surface area contributed by atoms with E-state index in [-0.39, 0.29) is 6.04 Å². The Balaban J connectivity index is 3.10. The van der Waals surface area contributed by atoms with Crippen molar-refractivity contribution in [3.8, 4) is 0 Å². The van der Waals surface area contributed by atoms with Gasteiger partial charge in [0.2, 0.25) is 6.04 Å². The average molecular weight is 226 g/mol. The number of rotatable bonds is 3. The second kappa shape index (κ2) is 5.29. The van der Waals surface area contributed by atoms with Crippen molar-refractivity contribution in [2.24, 2.45) is 0 Å². The number of thioether (sulfide) groups is 1. The number of benzene rings is 1. The van der Waals surface area contributed by atoms with Crippen LogP contribution >= 0.6 is 23.4 Å². The SMILES string of the molecule is [C-]#[N+]C(C)c1cc(Cl)ccc1SCC. The van der Waals surface area contributed by atoms with Crippen LogP contribution in [0.2, 0.25) is 5.02 Å². The summed E-state index contributed by atoms with van der Waals surface area (Å²) in [6.45, 7) is 11.0. The molecule has 0 saturated heterocycles. The predicted octanol–water partition coefficient (Wildman–Crippen LogP) is 4.43. The maximum absolute atomic E-state index is 7.02. The molecule has 0 aliphatic rings. The van der Waals surface area contributed by atoms with Gasteiger partial charge in [-0.05, 0) is 24.0 Å². The molecule has 74 valence electrons. The van der Waals surface area contributed by atoms with Crippen molar-refractivity contribution in [1.29, 1.82) is 0 Å². The van der Waals surface area contributed by atoms with E-state index in [1.807, 2.05) is 25.1 Å². The molecule has 1 aromatic rings. The summed E-state index contributed by atoms with van der Waals surface area (Å²) >= 11 is 7.66. The highest BCUT2D eigenvalue weighted by Gasteiger charge is 2.14. The van der Waals surface area contributed by atoms with Gasteiger partial charge >= 0.3 is 0 Å². The van der Waals surface area contributed by atoms with Gasteiger partial charge in [0.15, 0.2) is 0 Å². The van der Waals surface area contributed by atoms with Crippen molar-refractivity contribution in [3.05, 3.63) is 40.2 Å². The molecule has 0 heterocycles. The number of nitrogens with zero attached hydrogens (tertiary/aromatic N) is 1. The summed E-state index contributed by atoms with van der Waals surface area (Å²) < 4.78 is 0. The van der Waals surface area contributed by atoms with Crippen LogP contribution in [-0.2, 0) is 0 Å². The fourth-order valence-electron chi connectivity index (χ4n) is 1.20. The number of hydrogen-bond donors (Lipinski definition) is 0. The molecule has 1 nitrogen and oxygen atoms in total. The Hall–Kier alpha value is -0.650. The van der Waals surface area contributed by atoms with Crippen LogP contribution in [0, 0.1) is 6.57 Å². The Morgan fingerprint density at radius 3 is 2.86 bits per heavy atom. The monoisotopic (exact) mass is 225 g/mol. The standard InChI is InChI=1S/C11H12ClNS/c1-4-14-11-6-5-9(12)7-10(11)8(2)13-3/h5-8H,4H2,1-2H3. The second-order valence-corrected chi connectivity index (χ2v) is 4.66. The predicted molar refractivity (Wildman–Crippen MR) is 62.9 cm³/mol. The van der Waals surface area contributed by atoms with Crippen LogP contribution in [0.3, 0.4) is 0 Å². The summed E-state index contributed by atoms with van der Waals surface area (Å²) in [6.07, 6.45) is 0. The first-order chi connectivity index (χ1) is 6.69. The molecule has 1 rings (SSSR count). The van der Waals surface area contributed by atoms with Gasteiger partial charge in [-0.1, -0.05) is 18.5 Å². The van der Waals surface area contributed by atoms with E-state index in [0.717, 1.165) is 11.3 Å². The zero-order chi connectivity index (χ0) is 10.6. The van der Waals surface area contributed by atoms with Crippen LogP contribution in [0.5, 0.6) is 0 Å². The smallest absolute Gasteiger partial charge is 0.247 e. The largest absolute Gasteiger partial charge is 0.309 e. The number of hydrogen-bond acceptors (Lipinski definition) is 1. The van der Waals surface area contributed by atoms with Gasteiger partial charge in [0, 0.05) is 22.4 Å². The molecule has 1 aromatic carbocycles. The molecule has 0 aliphatic heterocycles. The topological polar surface area (TPSA) is 4.36 Å². The van der Waals surface area contributed by atoms with Crippen molar-refractivity contribution in [2.45, 2.75) is 24.8 Å². The lowest BCUT2D eigenvalue weighted by Gasteiger charge is -2.07. The third-order valence-corrected chi connectivity index (χ3v) is 3.12. The van der Waals surface area contributed by atoms with E-state index in [9.17, 15) is 0 Å². The van der Waals surface area contributed by atoms with Gasteiger partial charge in [-0.25, -0.2) is 6.57 Å². The lowest BCUT2D eigenvalue weighted by molar-refractivity contribution is 0.928. The highest BCUT2D eigenvalue weighted by atomic mass is 35.5. The minimum Gasteiger partial charge on any atom is -0.309 e. The highest BCUT2D eigenvalue weighted by molar-refractivity contribution is 7.99. The van der Waals surface area contributed by atoms with Crippen LogP contribution in [0.25, 0.3) is 4.85 Å². The van der Waals surface area contributed by atoms with E-state index in [0.29, 0.717) is 5.02 Å². The van der Waals surface area contributed by atoms with Gasteiger partial charge in [-0.3, -0.25) is 0 Å². The molecule has 0 aromatic heterocycles. The summed E-state index contributed by atoms with van der Waals surface area (Å²) in [5, 5.41) is 0.705. The van der Waals surface area contributed by atoms with Crippen LogP contribution in [0.15, 0.2) is 23.1 Å². The van der Waals surface area contributed by atoms with Crippen molar-refractivity contribution in [2.75, 3.05) is 5.75 Å². The summed E-state index contributed by atoms with van der Waals surface area (Å²) in [5.41, 5.74) is 1.04. The van der Waals surface area contributed by atoms with Gasteiger partial charge in [0.05, 0.1) is 0 Å². The van der Waals surface area contributed by atoms with Gasteiger partial charge in [-0.2, -0.15) is 0 Å². The van der Waals surface area contributed by atoms with Crippen LogP contribution in [0.1, 0.15) is 25.5 Å². The molecule has 1 unspecified atom stereocenters. The Morgan fingerprint density at radius 2 is 2.29 bits per heavy atom. The maximum atomic E-state index is 7.02. The Kier molecular flexibility index (Phi) is 4.31. The Morgan fingerprint density at radius 1 is 1.57 bits per heavy atom. The summed E-state index contributed by atoms with van der Waals surface area (Å²) in [6, 6.07) is 5.65. The third kappa shape index (κ3) is 2.67. The Labute approximate surface area is 94.3 Å². The van der Waals surface area contributed by atoms with E-state index in [2.05, 4.69) is 11.8 Å². The number of halogens is 1. The van der Waals surface area contributed by atoms with E-state index >= 15 is 0 Å². The minimum atomic E-state index is -0.109. The third-order valence-electron chi connectivity index (χ3n) is 1.92. The van der Waals surface area contributed by atoms with E-state index in [1.165, 1.54) is 4.90 Å². The molecule has 0 aliphatic carbocycles. The molecular weight excluding hydrogens is 214 g/mol. The first-order valence-corrected chi connectivity index (χ1v) is 5.84. The van der Waals surface area contributed by atoms with Gasteiger partial charge in [-0.15, -0.1) is 11.8 Å². The van der Waals surface area contributed by atoms with E-state index in [4.69, 9.17) is 18.2 Å². The first-order valence-electron chi connectivity index (χ1n) is 4.47. The molecule has 0 amide bonds. The Bertz CT molecular complexity index is 357. The molecule has 0 radical (unpaired) electrons. The van der Waals surface area contributed by atoms with Crippen molar-refractivity contribution < 1.29 is 0 Å². The van der Waals surface area contributed by atoms with Gasteiger partial charge < -0.3 is 4.85 Å². The summed E-state index contributed by atoms with van der Waals surface area (Å²) in [4.78, 5) is 4.69. The molecular formula is C11H12ClNS. The quantitative estimate of drug-likeness (QED) is 0.544. The fourth-order valence-corrected chi connectivity index (χ4v) is 2.25. The van der Waals surface area contributed by atoms with Crippen molar-refractivity contribution in [1.82, 2.24) is 0 Å².